The van der Waals surface area contributed by atoms with Gasteiger partial charge in [0, 0.05) is 18.0 Å². The van der Waals surface area contributed by atoms with Crippen LogP contribution in [0.1, 0.15) is 20.8 Å². The fraction of sp³-hybridized carbons (Fsp3) is 0.545. The topological polar surface area (TPSA) is 68.2 Å². The standard InChI is InChI=1S/C11H18N2O2/c1-11(2,3)9(14)7-13-6-8(12)4-5-10(13)15/h4-6,9,14H,7,12H2,1-3H3. The number of nitrogens with zero attached hydrogens (tertiary/aromatic N) is 1. The highest BCUT2D eigenvalue weighted by Crippen LogP contribution is 2.19. The molecule has 1 aromatic rings. The van der Waals surface area contributed by atoms with Crippen LogP contribution in [-0.4, -0.2) is 15.8 Å². The molecule has 15 heavy (non-hydrogen) atoms. The molecule has 0 saturated heterocycles. The van der Waals surface area contributed by atoms with Crippen molar-refractivity contribution in [2.45, 2.75) is 33.4 Å². The van der Waals surface area contributed by atoms with Gasteiger partial charge in [-0.25, -0.2) is 0 Å². The third-order valence-electron chi connectivity index (χ3n) is 2.38. The number of anilines is 1. The third-order valence-corrected chi connectivity index (χ3v) is 2.38. The zero-order valence-electron chi connectivity index (χ0n) is 9.40. The molecule has 4 nitrogen and oxygen atoms in total. The molecule has 0 fully saturated rings. The van der Waals surface area contributed by atoms with Crippen molar-refractivity contribution in [1.29, 1.82) is 0 Å². The zero-order chi connectivity index (χ0) is 11.6. The van der Waals surface area contributed by atoms with Crippen LogP contribution < -0.4 is 11.3 Å². The molecule has 0 aromatic carbocycles. The summed E-state index contributed by atoms with van der Waals surface area (Å²) in [5.41, 5.74) is 5.70. The maximum absolute atomic E-state index is 11.4. The summed E-state index contributed by atoms with van der Waals surface area (Å²) in [5, 5.41) is 9.85. The van der Waals surface area contributed by atoms with Crippen LogP contribution in [0.5, 0.6) is 0 Å². The lowest BCUT2D eigenvalue weighted by molar-refractivity contribution is 0.0473. The van der Waals surface area contributed by atoms with E-state index in [0.29, 0.717) is 5.69 Å². The Hall–Kier alpha value is -1.29. The molecule has 3 N–H and O–H groups in total. The second-order valence-corrected chi connectivity index (χ2v) is 4.83. The van der Waals surface area contributed by atoms with Gasteiger partial charge in [-0.3, -0.25) is 4.79 Å². The van der Waals surface area contributed by atoms with Gasteiger partial charge in [-0.15, -0.1) is 0 Å². The number of rotatable bonds is 2. The highest BCUT2D eigenvalue weighted by atomic mass is 16.3. The smallest absolute Gasteiger partial charge is 0.250 e. The van der Waals surface area contributed by atoms with Crippen LogP contribution in [-0.2, 0) is 6.54 Å². The van der Waals surface area contributed by atoms with Crippen molar-refractivity contribution in [3.63, 3.8) is 0 Å². The Bertz CT molecular complexity index is 390. The Morgan fingerprint density at radius 1 is 1.47 bits per heavy atom. The first-order chi connectivity index (χ1) is 6.80. The third kappa shape index (κ3) is 3.09. The fourth-order valence-electron chi connectivity index (χ4n) is 1.15. The molecule has 1 rings (SSSR count). The Morgan fingerprint density at radius 3 is 2.60 bits per heavy atom. The van der Waals surface area contributed by atoms with Gasteiger partial charge in [-0.2, -0.15) is 0 Å². The molecule has 0 saturated carbocycles. The van der Waals surface area contributed by atoms with E-state index in [1.165, 1.54) is 10.6 Å². The second kappa shape index (κ2) is 4.06. The van der Waals surface area contributed by atoms with Crippen LogP contribution in [0.25, 0.3) is 0 Å². The number of pyridine rings is 1. The van der Waals surface area contributed by atoms with Crippen molar-refractivity contribution in [3.05, 3.63) is 28.7 Å². The molecule has 1 atom stereocenters. The lowest BCUT2D eigenvalue weighted by Gasteiger charge is -2.26. The number of aliphatic hydroxyl groups is 1. The quantitative estimate of drug-likeness (QED) is 0.760. The molecule has 0 aliphatic heterocycles. The SMILES string of the molecule is CC(C)(C)C(O)Cn1cc(N)ccc1=O. The molecular formula is C11H18N2O2. The maximum atomic E-state index is 11.4. The number of hydrogen-bond acceptors (Lipinski definition) is 3. The molecule has 1 aromatic heterocycles. The van der Waals surface area contributed by atoms with Crippen LogP contribution in [0.4, 0.5) is 5.69 Å². The van der Waals surface area contributed by atoms with E-state index in [-0.39, 0.29) is 17.5 Å². The molecule has 0 aliphatic rings. The molecule has 0 spiro atoms. The maximum Gasteiger partial charge on any atom is 0.250 e. The van der Waals surface area contributed by atoms with Crippen LogP contribution in [0, 0.1) is 5.41 Å². The molecule has 1 heterocycles. The van der Waals surface area contributed by atoms with Crippen molar-refractivity contribution in [2.24, 2.45) is 5.41 Å². The first kappa shape index (κ1) is 11.8. The lowest BCUT2D eigenvalue weighted by atomic mass is 9.89. The highest BCUT2D eigenvalue weighted by Gasteiger charge is 2.22. The molecular weight excluding hydrogens is 192 g/mol. The number of aromatic nitrogens is 1. The highest BCUT2D eigenvalue weighted by molar-refractivity contribution is 5.33. The number of aliphatic hydroxyl groups excluding tert-OH is 1. The molecule has 84 valence electrons. The van der Waals surface area contributed by atoms with Crippen LogP contribution in [0.2, 0.25) is 0 Å². The van der Waals surface area contributed by atoms with Crippen molar-refractivity contribution in [3.8, 4) is 0 Å². The van der Waals surface area contributed by atoms with E-state index in [4.69, 9.17) is 5.73 Å². The van der Waals surface area contributed by atoms with E-state index in [1.807, 2.05) is 20.8 Å². The van der Waals surface area contributed by atoms with Gasteiger partial charge in [0.2, 0.25) is 0 Å². The number of nitrogen functional groups attached to an aromatic ring is 1. The van der Waals surface area contributed by atoms with Crippen LogP contribution in [0.15, 0.2) is 23.1 Å². The summed E-state index contributed by atoms with van der Waals surface area (Å²) in [5.74, 6) is 0. The van der Waals surface area contributed by atoms with Gasteiger partial charge < -0.3 is 15.4 Å². The van der Waals surface area contributed by atoms with Gasteiger partial charge in [0.05, 0.1) is 12.6 Å². The molecule has 0 aliphatic carbocycles. The van der Waals surface area contributed by atoms with Crippen molar-refractivity contribution < 1.29 is 5.11 Å². The van der Waals surface area contributed by atoms with Gasteiger partial charge in [-0.05, 0) is 11.5 Å². The van der Waals surface area contributed by atoms with Gasteiger partial charge in [0.15, 0.2) is 0 Å². The summed E-state index contributed by atoms with van der Waals surface area (Å²) < 4.78 is 1.44. The Morgan fingerprint density at radius 2 is 2.07 bits per heavy atom. The summed E-state index contributed by atoms with van der Waals surface area (Å²) in [6.45, 7) is 6.05. The summed E-state index contributed by atoms with van der Waals surface area (Å²) in [7, 11) is 0. The average Bonchev–Trinajstić information content (AvgIpc) is 2.09. The molecule has 0 radical (unpaired) electrons. The Kier molecular flexibility index (Phi) is 3.19. The summed E-state index contributed by atoms with van der Waals surface area (Å²) >= 11 is 0. The van der Waals surface area contributed by atoms with E-state index in [0.717, 1.165) is 0 Å². The summed E-state index contributed by atoms with van der Waals surface area (Å²) in [4.78, 5) is 11.4. The fourth-order valence-corrected chi connectivity index (χ4v) is 1.15. The molecule has 0 amide bonds. The lowest BCUT2D eigenvalue weighted by Crippen LogP contribution is -2.34. The van der Waals surface area contributed by atoms with E-state index in [9.17, 15) is 9.90 Å². The minimum atomic E-state index is -0.572. The summed E-state index contributed by atoms with van der Waals surface area (Å²) in [6.07, 6.45) is 0.981. The first-order valence-corrected chi connectivity index (χ1v) is 4.95. The van der Waals surface area contributed by atoms with Gasteiger partial charge >= 0.3 is 0 Å². The first-order valence-electron chi connectivity index (χ1n) is 4.95. The van der Waals surface area contributed by atoms with Gasteiger partial charge in [0.25, 0.3) is 5.56 Å². The Balaban J connectivity index is 2.90. The largest absolute Gasteiger partial charge is 0.398 e. The molecule has 1 unspecified atom stereocenters. The van der Waals surface area contributed by atoms with Gasteiger partial charge in [-0.1, -0.05) is 20.8 Å². The summed E-state index contributed by atoms with van der Waals surface area (Å²) in [6, 6.07) is 2.97. The van der Waals surface area contributed by atoms with Crippen LogP contribution in [0.3, 0.4) is 0 Å². The zero-order valence-corrected chi connectivity index (χ0v) is 9.40. The number of hydrogen-bond donors (Lipinski definition) is 2. The van der Waals surface area contributed by atoms with Crippen molar-refractivity contribution in [2.75, 3.05) is 5.73 Å². The van der Waals surface area contributed by atoms with Crippen molar-refractivity contribution in [1.82, 2.24) is 4.57 Å². The minimum absolute atomic E-state index is 0.146. The van der Waals surface area contributed by atoms with Gasteiger partial charge in [0.1, 0.15) is 0 Å². The normalized spacial score (nSPS) is 13.9. The molecule has 4 heteroatoms. The minimum Gasteiger partial charge on any atom is -0.398 e. The van der Waals surface area contributed by atoms with Crippen LogP contribution >= 0.6 is 0 Å². The van der Waals surface area contributed by atoms with E-state index in [1.54, 1.807) is 12.3 Å². The van der Waals surface area contributed by atoms with Crippen molar-refractivity contribution >= 4 is 5.69 Å². The van der Waals surface area contributed by atoms with E-state index >= 15 is 0 Å². The number of nitrogens with two attached hydrogens (primary N) is 1. The predicted molar refractivity (Wildman–Crippen MR) is 60.6 cm³/mol. The van der Waals surface area contributed by atoms with E-state index in [2.05, 4.69) is 0 Å². The monoisotopic (exact) mass is 210 g/mol. The second-order valence-electron chi connectivity index (χ2n) is 4.83. The Labute approximate surface area is 89.3 Å². The molecule has 0 bridgehead atoms. The van der Waals surface area contributed by atoms with E-state index < -0.39 is 6.10 Å². The predicted octanol–water partition coefficient (Wildman–Crippen LogP) is 0.838. The average molecular weight is 210 g/mol.